The maximum Gasteiger partial charge on any atom is 0.214 e. The van der Waals surface area contributed by atoms with Crippen LogP contribution in [0.5, 0.6) is 5.88 Å². The second kappa shape index (κ2) is 5.99. The monoisotopic (exact) mass is 287 g/mol. The first kappa shape index (κ1) is 13.7. The van der Waals surface area contributed by atoms with Gasteiger partial charge in [-0.25, -0.2) is 4.39 Å². The summed E-state index contributed by atoms with van der Waals surface area (Å²) in [5.74, 6) is 1.36. The highest BCUT2D eigenvalue weighted by Gasteiger charge is 2.20. The number of para-hydroxylation sites is 1. The molecule has 0 N–H and O–H groups in total. The molecule has 3 rings (SSSR count). The lowest BCUT2D eigenvalue weighted by molar-refractivity contribution is 0.397. The smallest absolute Gasteiger partial charge is 0.214 e. The van der Waals surface area contributed by atoms with Gasteiger partial charge in [-0.05, 0) is 18.2 Å². The molecular formula is C16H18FN3O. The first-order valence-electron chi connectivity index (χ1n) is 7.03. The van der Waals surface area contributed by atoms with Crippen LogP contribution in [0.4, 0.5) is 15.9 Å². The zero-order valence-electron chi connectivity index (χ0n) is 12.0. The quantitative estimate of drug-likeness (QED) is 0.867. The van der Waals surface area contributed by atoms with Crippen molar-refractivity contribution >= 4 is 11.5 Å². The SMILES string of the molecule is COc1cccc(N2CCN(c3ccccc3F)CC2)n1. The molecule has 5 heteroatoms. The highest BCUT2D eigenvalue weighted by Crippen LogP contribution is 2.22. The van der Waals surface area contributed by atoms with Crippen LogP contribution in [-0.4, -0.2) is 38.3 Å². The number of hydrogen-bond donors (Lipinski definition) is 0. The van der Waals surface area contributed by atoms with E-state index in [-0.39, 0.29) is 5.82 Å². The molecule has 4 nitrogen and oxygen atoms in total. The molecule has 0 radical (unpaired) electrons. The third kappa shape index (κ3) is 2.91. The number of methoxy groups -OCH3 is 1. The Morgan fingerprint density at radius 2 is 1.67 bits per heavy atom. The van der Waals surface area contributed by atoms with Gasteiger partial charge in [0, 0.05) is 32.2 Å². The molecule has 2 aromatic rings. The van der Waals surface area contributed by atoms with Gasteiger partial charge in [-0.2, -0.15) is 4.98 Å². The van der Waals surface area contributed by atoms with Gasteiger partial charge < -0.3 is 14.5 Å². The highest BCUT2D eigenvalue weighted by atomic mass is 19.1. The van der Waals surface area contributed by atoms with Crippen LogP contribution < -0.4 is 14.5 Å². The first-order chi connectivity index (χ1) is 10.3. The molecule has 0 spiro atoms. The average Bonchev–Trinajstić information content (AvgIpc) is 2.56. The molecule has 21 heavy (non-hydrogen) atoms. The minimum Gasteiger partial charge on any atom is -0.481 e. The van der Waals surface area contributed by atoms with Crippen LogP contribution in [0.25, 0.3) is 0 Å². The number of ether oxygens (including phenoxy) is 1. The number of anilines is 2. The third-order valence-electron chi connectivity index (χ3n) is 3.71. The molecule has 0 aliphatic carbocycles. The molecule has 0 amide bonds. The largest absolute Gasteiger partial charge is 0.481 e. The molecule has 1 fully saturated rings. The fraction of sp³-hybridized carbons (Fsp3) is 0.312. The Labute approximate surface area is 123 Å². The van der Waals surface area contributed by atoms with Crippen LogP contribution in [-0.2, 0) is 0 Å². The van der Waals surface area contributed by atoms with Crippen molar-refractivity contribution in [3.8, 4) is 5.88 Å². The van der Waals surface area contributed by atoms with Crippen molar-refractivity contribution in [1.29, 1.82) is 0 Å². The Morgan fingerprint density at radius 3 is 2.38 bits per heavy atom. The topological polar surface area (TPSA) is 28.6 Å². The lowest BCUT2D eigenvalue weighted by Crippen LogP contribution is -2.47. The van der Waals surface area contributed by atoms with Crippen LogP contribution >= 0.6 is 0 Å². The van der Waals surface area contributed by atoms with Crippen molar-refractivity contribution in [2.45, 2.75) is 0 Å². The van der Waals surface area contributed by atoms with Gasteiger partial charge in [-0.1, -0.05) is 18.2 Å². The van der Waals surface area contributed by atoms with Crippen molar-refractivity contribution in [2.75, 3.05) is 43.1 Å². The Kier molecular flexibility index (Phi) is 3.90. The number of nitrogens with zero attached hydrogens (tertiary/aromatic N) is 3. The van der Waals surface area contributed by atoms with E-state index < -0.39 is 0 Å². The average molecular weight is 287 g/mol. The van der Waals surface area contributed by atoms with Crippen molar-refractivity contribution in [1.82, 2.24) is 4.98 Å². The molecule has 2 heterocycles. The predicted molar refractivity (Wildman–Crippen MR) is 81.6 cm³/mol. The maximum atomic E-state index is 13.8. The predicted octanol–water partition coefficient (Wildman–Crippen LogP) is 2.56. The number of hydrogen-bond acceptors (Lipinski definition) is 4. The lowest BCUT2D eigenvalue weighted by Gasteiger charge is -2.36. The molecule has 0 unspecified atom stereocenters. The molecule has 0 bridgehead atoms. The minimum atomic E-state index is -0.162. The Hall–Kier alpha value is -2.30. The molecule has 1 aromatic heterocycles. The minimum absolute atomic E-state index is 0.162. The van der Waals surface area contributed by atoms with E-state index in [0.29, 0.717) is 11.6 Å². The van der Waals surface area contributed by atoms with Crippen LogP contribution in [0, 0.1) is 5.82 Å². The van der Waals surface area contributed by atoms with Crippen LogP contribution in [0.1, 0.15) is 0 Å². The van der Waals surface area contributed by atoms with Gasteiger partial charge in [0.25, 0.3) is 0 Å². The third-order valence-corrected chi connectivity index (χ3v) is 3.71. The molecule has 1 saturated heterocycles. The van der Waals surface area contributed by atoms with Crippen LogP contribution in [0.15, 0.2) is 42.5 Å². The summed E-state index contributed by atoms with van der Waals surface area (Å²) >= 11 is 0. The number of halogens is 1. The van der Waals surface area contributed by atoms with E-state index in [1.165, 1.54) is 6.07 Å². The summed E-state index contributed by atoms with van der Waals surface area (Å²) in [6, 6.07) is 12.7. The van der Waals surface area contributed by atoms with Gasteiger partial charge in [-0.15, -0.1) is 0 Å². The van der Waals surface area contributed by atoms with Gasteiger partial charge in [0.05, 0.1) is 12.8 Å². The van der Waals surface area contributed by atoms with Gasteiger partial charge in [0.15, 0.2) is 0 Å². The number of pyridine rings is 1. The van der Waals surface area contributed by atoms with Crippen LogP contribution in [0.2, 0.25) is 0 Å². The van der Waals surface area contributed by atoms with Crippen molar-refractivity contribution in [3.63, 3.8) is 0 Å². The summed E-state index contributed by atoms with van der Waals surface area (Å²) in [4.78, 5) is 8.71. The molecule has 0 atom stereocenters. The van der Waals surface area contributed by atoms with Crippen molar-refractivity contribution in [2.24, 2.45) is 0 Å². The summed E-state index contributed by atoms with van der Waals surface area (Å²) < 4.78 is 19.0. The van der Waals surface area contributed by atoms with E-state index in [1.807, 2.05) is 30.3 Å². The van der Waals surface area contributed by atoms with E-state index in [2.05, 4.69) is 14.8 Å². The van der Waals surface area contributed by atoms with Crippen molar-refractivity contribution in [3.05, 3.63) is 48.3 Å². The van der Waals surface area contributed by atoms with E-state index in [9.17, 15) is 4.39 Å². The second-order valence-corrected chi connectivity index (χ2v) is 4.96. The summed E-state index contributed by atoms with van der Waals surface area (Å²) in [5, 5.41) is 0. The summed E-state index contributed by atoms with van der Waals surface area (Å²) in [6.07, 6.45) is 0. The van der Waals surface area contributed by atoms with Gasteiger partial charge in [0.2, 0.25) is 5.88 Å². The van der Waals surface area contributed by atoms with E-state index in [0.717, 1.165) is 32.0 Å². The van der Waals surface area contributed by atoms with Gasteiger partial charge in [-0.3, -0.25) is 0 Å². The standard InChI is InChI=1S/C16H18FN3O/c1-21-16-8-4-7-15(18-16)20-11-9-19(10-12-20)14-6-3-2-5-13(14)17/h2-8H,9-12H2,1H3. The summed E-state index contributed by atoms with van der Waals surface area (Å²) in [6.45, 7) is 3.18. The lowest BCUT2D eigenvalue weighted by atomic mass is 10.2. The molecule has 1 aliphatic heterocycles. The molecule has 1 aromatic carbocycles. The maximum absolute atomic E-state index is 13.8. The summed E-state index contributed by atoms with van der Waals surface area (Å²) in [7, 11) is 1.61. The van der Waals surface area contributed by atoms with E-state index >= 15 is 0 Å². The second-order valence-electron chi connectivity index (χ2n) is 4.96. The van der Waals surface area contributed by atoms with Gasteiger partial charge >= 0.3 is 0 Å². The van der Waals surface area contributed by atoms with Crippen LogP contribution in [0.3, 0.4) is 0 Å². The van der Waals surface area contributed by atoms with E-state index in [4.69, 9.17) is 4.74 Å². The highest BCUT2D eigenvalue weighted by molar-refractivity contribution is 5.50. The molecular weight excluding hydrogens is 269 g/mol. The Bertz CT molecular complexity index is 612. The zero-order valence-corrected chi connectivity index (χ0v) is 12.0. The number of piperazine rings is 1. The first-order valence-corrected chi connectivity index (χ1v) is 7.03. The number of aromatic nitrogens is 1. The van der Waals surface area contributed by atoms with Gasteiger partial charge in [0.1, 0.15) is 11.6 Å². The zero-order chi connectivity index (χ0) is 14.7. The molecule has 110 valence electrons. The Balaban J connectivity index is 1.69. The summed E-state index contributed by atoms with van der Waals surface area (Å²) in [5.41, 5.74) is 0.677. The number of rotatable bonds is 3. The van der Waals surface area contributed by atoms with Crippen molar-refractivity contribution < 1.29 is 9.13 Å². The fourth-order valence-electron chi connectivity index (χ4n) is 2.58. The number of benzene rings is 1. The fourth-order valence-corrected chi connectivity index (χ4v) is 2.58. The van der Waals surface area contributed by atoms with E-state index in [1.54, 1.807) is 13.2 Å². The molecule has 1 aliphatic rings. The molecule has 0 saturated carbocycles. The normalized spacial score (nSPS) is 15.1. The Morgan fingerprint density at radius 1 is 0.952 bits per heavy atom.